The van der Waals surface area contributed by atoms with Crippen molar-refractivity contribution >= 4 is 5.91 Å². The number of amides is 1. The van der Waals surface area contributed by atoms with Gasteiger partial charge in [-0.15, -0.1) is 8.78 Å². The van der Waals surface area contributed by atoms with E-state index < -0.39 is 17.8 Å². The Hall–Kier alpha value is -3.39. The van der Waals surface area contributed by atoms with Crippen molar-refractivity contribution in [2.75, 3.05) is 0 Å². The summed E-state index contributed by atoms with van der Waals surface area (Å²) in [5.74, 6) is -1.25. The molecule has 2 heterocycles. The van der Waals surface area contributed by atoms with Crippen LogP contribution in [0.1, 0.15) is 15.9 Å². The van der Waals surface area contributed by atoms with Gasteiger partial charge in [0, 0.05) is 11.1 Å². The van der Waals surface area contributed by atoms with Gasteiger partial charge in [-0.2, -0.15) is 0 Å². The lowest BCUT2D eigenvalue weighted by molar-refractivity contribution is -0.286. The van der Waals surface area contributed by atoms with Gasteiger partial charge >= 0.3 is 6.29 Å². The van der Waals surface area contributed by atoms with Crippen molar-refractivity contribution in [3.8, 4) is 11.5 Å². The number of rotatable bonds is 3. The predicted molar refractivity (Wildman–Crippen MR) is 75.9 cm³/mol. The Morgan fingerprint density at radius 1 is 1.29 bits per heavy atom. The van der Waals surface area contributed by atoms with E-state index in [9.17, 15) is 18.4 Å². The van der Waals surface area contributed by atoms with Crippen LogP contribution < -0.4 is 15.0 Å². The zero-order valence-electron chi connectivity index (χ0n) is 11.8. The normalized spacial score (nSPS) is 14.1. The lowest BCUT2D eigenvalue weighted by Gasteiger charge is -2.07. The number of hydrogen-bond donors (Lipinski definition) is 0. The number of carbonyl (C=O) groups excluding carboxylic acids is 1. The van der Waals surface area contributed by atoms with Crippen LogP contribution in [0.3, 0.4) is 0 Å². The van der Waals surface area contributed by atoms with Crippen molar-refractivity contribution in [3.63, 3.8) is 0 Å². The van der Waals surface area contributed by atoms with Crippen molar-refractivity contribution < 1.29 is 23.0 Å². The van der Waals surface area contributed by atoms with Crippen LogP contribution in [-0.2, 0) is 6.54 Å². The second-order valence-corrected chi connectivity index (χ2v) is 4.80. The summed E-state index contributed by atoms with van der Waals surface area (Å²) >= 11 is 0. The van der Waals surface area contributed by atoms with Crippen LogP contribution in [0.5, 0.6) is 11.5 Å². The molecule has 0 N–H and O–H groups in total. The number of ether oxygens (including phenoxy) is 2. The quantitative estimate of drug-likeness (QED) is 0.488. The molecule has 0 fully saturated rings. The number of aromatic nitrogens is 1. The largest absolute Gasteiger partial charge is 0.586 e. The second-order valence-electron chi connectivity index (χ2n) is 4.80. The number of pyridine rings is 1. The Labute approximate surface area is 132 Å². The fraction of sp³-hybridized carbons (Fsp3) is 0.143. The van der Waals surface area contributed by atoms with Crippen LogP contribution in [-0.4, -0.2) is 16.8 Å². The number of carbonyl (C=O) groups is 1. The molecule has 0 atom stereocenters. The molecule has 2 aromatic rings. The number of benzene rings is 1. The van der Waals surface area contributed by atoms with E-state index in [1.54, 1.807) is 0 Å². The first-order valence-electron chi connectivity index (χ1n) is 6.57. The van der Waals surface area contributed by atoms with E-state index in [-0.39, 0.29) is 23.6 Å². The topological polar surface area (TPSA) is 106 Å². The summed E-state index contributed by atoms with van der Waals surface area (Å²) in [5.41, 5.74) is 7.79. The summed E-state index contributed by atoms with van der Waals surface area (Å²) in [5, 5.41) is 2.88. The smallest absolute Gasteiger partial charge is 0.395 e. The fourth-order valence-corrected chi connectivity index (χ4v) is 2.21. The van der Waals surface area contributed by atoms with E-state index in [4.69, 9.17) is 5.53 Å². The van der Waals surface area contributed by atoms with Gasteiger partial charge in [0.2, 0.25) is 0 Å². The van der Waals surface area contributed by atoms with Crippen LogP contribution in [0.15, 0.2) is 46.4 Å². The Kier molecular flexibility index (Phi) is 3.66. The first kappa shape index (κ1) is 15.5. The molecule has 0 bridgehead atoms. The molecule has 0 aliphatic carbocycles. The van der Waals surface area contributed by atoms with Crippen LogP contribution in [0, 0.1) is 0 Å². The molecule has 0 saturated heterocycles. The molecule has 3 rings (SSSR count). The third kappa shape index (κ3) is 2.90. The van der Waals surface area contributed by atoms with E-state index in [1.165, 1.54) is 41.1 Å². The number of fused-ring (bicyclic) bond motifs is 1. The van der Waals surface area contributed by atoms with Gasteiger partial charge in [-0.05, 0) is 40.5 Å². The first-order valence-corrected chi connectivity index (χ1v) is 6.57. The van der Waals surface area contributed by atoms with Crippen molar-refractivity contribution in [2.45, 2.75) is 12.8 Å². The van der Waals surface area contributed by atoms with E-state index in [1.807, 2.05) is 0 Å². The molecule has 1 amide bonds. The summed E-state index contributed by atoms with van der Waals surface area (Å²) < 4.78 is 35.8. The van der Waals surface area contributed by atoms with Gasteiger partial charge < -0.3 is 14.0 Å². The summed E-state index contributed by atoms with van der Waals surface area (Å²) in [6.07, 6.45) is -2.31. The van der Waals surface area contributed by atoms with E-state index in [2.05, 4.69) is 19.5 Å². The monoisotopic (exact) mass is 334 g/mol. The van der Waals surface area contributed by atoms with Crippen molar-refractivity contribution in [1.29, 1.82) is 0 Å². The number of azide groups is 1. The highest BCUT2D eigenvalue weighted by atomic mass is 19.3. The highest BCUT2D eigenvalue weighted by Crippen LogP contribution is 2.41. The summed E-state index contributed by atoms with van der Waals surface area (Å²) in [7, 11) is 0. The van der Waals surface area contributed by atoms with E-state index >= 15 is 0 Å². The van der Waals surface area contributed by atoms with Gasteiger partial charge in [0.25, 0.3) is 11.5 Å². The second kappa shape index (κ2) is 5.67. The number of halogens is 2. The fourth-order valence-electron chi connectivity index (χ4n) is 2.21. The lowest BCUT2D eigenvalue weighted by Crippen LogP contribution is -2.26. The maximum Gasteiger partial charge on any atom is 0.586 e. The third-order valence-electron chi connectivity index (χ3n) is 3.20. The Bertz CT molecular complexity index is 935. The molecule has 0 unspecified atom stereocenters. The molecule has 0 saturated carbocycles. The molecule has 0 radical (unpaired) electrons. The molecular weight excluding hydrogens is 326 g/mol. The molecular formula is C14H8F2N4O4. The van der Waals surface area contributed by atoms with Gasteiger partial charge in [-0.1, -0.05) is 6.07 Å². The summed E-state index contributed by atoms with van der Waals surface area (Å²) in [4.78, 5) is 26.1. The van der Waals surface area contributed by atoms with Gasteiger partial charge in [0.1, 0.15) is 0 Å². The molecule has 24 heavy (non-hydrogen) atoms. The predicted octanol–water partition coefficient (Wildman–Crippen LogP) is 2.67. The standard InChI is InChI=1S/C14H8F2N4O4/c15-14(16)23-10-4-3-8(6-11(10)24-14)7-20-5-1-2-9(13(20)22)12(21)18-19-17/h1-6H,7H2. The van der Waals surface area contributed by atoms with Crippen LogP contribution in [0.25, 0.3) is 10.4 Å². The highest BCUT2D eigenvalue weighted by molar-refractivity contribution is 5.94. The molecule has 1 aromatic heterocycles. The zero-order chi connectivity index (χ0) is 17.3. The lowest BCUT2D eigenvalue weighted by atomic mass is 10.2. The summed E-state index contributed by atoms with van der Waals surface area (Å²) in [6, 6.07) is 6.76. The zero-order valence-corrected chi connectivity index (χ0v) is 11.8. The number of hydrogen-bond acceptors (Lipinski definition) is 4. The van der Waals surface area contributed by atoms with Crippen molar-refractivity contribution in [2.24, 2.45) is 5.11 Å². The molecule has 1 aromatic carbocycles. The SMILES string of the molecule is [N-]=[N+]=NC(=O)c1cccn(Cc2ccc3c(c2)OC(F)(F)O3)c1=O. The molecule has 0 spiro atoms. The van der Waals surface area contributed by atoms with E-state index in [0.717, 1.165) is 0 Å². The highest BCUT2D eigenvalue weighted by Gasteiger charge is 2.43. The molecule has 1 aliphatic heterocycles. The maximum absolute atomic E-state index is 13.0. The van der Waals surface area contributed by atoms with Crippen molar-refractivity contribution in [1.82, 2.24) is 4.57 Å². The molecule has 122 valence electrons. The number of alkyl halides is 2. The van der Waals surface area contributed by atoms with Crippen LogP contribution in [0.4, 0.5) is 8.78 Å². The minimum Gasteiger partial charge on any atom is -0.395 e. The average molecular weight is 334 g/mol. The minimum absolute atomic E-state index is 0.00155. The van der Waals surface area contributed by atoms with Gasteiger partial charge in [0.05, 0.1) is 12.1 Å². The third-order valence-corrected chi connectivity index (χ3v) is 3.20. The Balaban J connectivity index is 1.91. The van der Waals surface area contributed by atoms with Crippen LogP contribution in [0.2, 0.25) is 0 Å². The Morgan fingerprint density at radius 2 is 2.04 bits per heavy atom. The van der Waals surface area contributed by atoms with E-state index in [0.29, 0.717) is 5.56 Å². The van der Waals surface area contributed by atoms with Gasteiger partial charge in [-0.25, -0.2) is 0 Å². The molecule has 1 aliphatic rings. The van der Waals surface area contributed by atoms with Crippen molar-refractivity contribution in [3.05, 3.63) is 68.5 Å². The molecule has 8 nitrogen and oxygen atoms in total. The summed E-state index contributed by atoms with van der Waals surface area (Å²) in [6.45, 7) is -0.00155. The first-order chi connectivity index (χ1) is 11.4. The van der Waals surface area contributed by atoms with Crippen LogP contribution >= 0.6 is 0 Å². The van der Waals surface area contributed by atoms with Gasteiger partial charge in [-0.3, -0.25) is 9.59 Å². The minimum atomic E-state index is -3.72. The Morgan fingerprint density at radius 3 is 2.79 bits per heavy atom. The average Bonchev–Trinajstić information content (AvgIpc) is 2.82. The number of nitrogens with zero attached hydrogens (tertiary/aromatic N) is 4. The van der Waals surface area contributed by atoms with Gasteiger partial charge in [0.15, 0.2) is 11.5 Å². The maximum atomic E-state index is 13.0. The molecule has 10 heteroatoms.